The molecule has 0 saturated carbocycles. The van der Waals surface area contributed by atoms with Crippen molar-refractivity contribution in [2.75, 3.05) is 0 Å². The molecule has 0 saturated heterocycles. The number of hydrogen-bond acceptors (Lipinski definition) is 1. The summed E-state index contributed by atoms with van der Waals surface area (Å²) in [6.07, 6.45) is 3.44. The van der Waals surface area contributed by atoms with E-state index in [-0.39, 0.29) is 0 Å². The lowest BCUT2D eigenvalue weighted by Crippen LogP contribution is -1.98. The zero-order valence-corrected chi connectivity index (χ0v) is 10.6. The number of carboxylic acids is 1. The Balaban J connectivity index is 2.10. The summed E-state index contributed by atoms with van der Waals surface area (Å²) < 4.78 is 1.88. The van der Waals surface area contributed by atoms with Gasteiger partial charge in [0.1, 0.15) is 0 Å². The highest BCUT2D eigenvalue weighted by atomic mass is 16.4. The van der Waals surface area contributed by atoms with Gasteiger partial charge in [0.25, 0.3) is 0 Å². The van der Waals surface area contributed by atoms with Crippen LogP contribution in [-0.4, -0.2) is 15.6 Å². The van der Waals surface area contributed by atoms with E-state index in [0.717, 1.165) is 0 Å². The maximum absolute atomic E-state index is 10.8. The van der Waals surface area contributed by atoms with Crippen LogP contribution in [0, 0.1) is 0 Å². The molecule has 0 bridgehead atoms. The van der Waals surface area contributed by atoms with Gasteiger partial charge in [-0.2, -0.15) is 0 Å². The van der Waals surface area contributed by atoms with Crippen LogP contribution in [0.25, 0.3) is 0 Å². The zero-order chi connectivity index (χ0) is 13.1. The molecule has 1 N–H and O–H groups in total. The second-order valence-corrected chi connectivity index (χ2v) is 4.77. The second kappa shape index (κ2) is 5.08. The van der Waals surface area contributed by atoms with Crippen LogP contribution in [0.3, 0.4) is 0 Å². The highest BCUT2D eigenvalue weighted by Gasteiger charge is 2.05. The fourth-order valence-electron chi connectivity index (χ4n) is 1.88. The van der Waals surface area contributed by atoms with Gasteiger partial charge in [-0.05, 0) is 23.1 Å². The first-order valence-corrected chi connectivity index (χ1v) is 6.04. The fourth-order valence-corrected chi connectivity index (χ4v) is 1.88. The predicted octanol–water partition coefficient (Wildman–Crippen LogP) is 3.36. The van der Waals surface area contributed by atoms with Crippen LogP contribution in [0.5, 0.6) is 0 Å². The number of rotatable bonds is 4. The third kappa shape index (κ3) is 2.80. The predicted molar refractivity (Wildman–Crippen MR) is 71.0 cm³/mol. The van der Waals surface area contributed by atoms with Crippen molar-refractivity contribution in [2.24, 2.45) is 0 Å². The highest BCUT2D eigenvalue weighted by molar-refractivity contribution is 5.87. The van der Waals surface area contributed by atoms with Gasteiger partial charge >= 0.3 is 5.97 Å². The number of nitrogens with zero attached hydrogens (tertiary/aromatic N) is 1. The van der Waals surface area contributed by atoms with E-state index >= 15 is 0 Å². The lowest BCUT2D eigenvalue weighted by atomic mass is 10.0. The third-order valence-electron chi connectivity index (χ3n) is 3.01. The normalized spacial score (nSPS) is 10.8. The molecule has 0 radical (unpaired) electrons. The molecule has 1 aromatic carbocycles. The Hall–Kier alpha value is -2.03. The van der Waals surface area contributed by atoms with Crippen LogP contribution < -0.4 is 0 Å². The lowest BCUT2D eigenvalue weighted by Gasteiger charge is -2.07. The minimum absolute atomic E-state index is 0.328. The van der Waals surface area contributed by atoms with Gasteiger partial charge in [-0.3, -0.25) is 0 Å². The molecule has 0 aliphatic carbocycles. The molecule has 0 amide bonds. The average molecular weight is 243 g/mol. The van der Waals surface area contributed by atoms with Crippen LogP contribution in [0.15, 0.2) is 42.7 Å². The first-order valence-electron chi connectivity index (χ1n) is 6.04. The molecule has 2 aromatic rings. The standard InChI is InChI=1S/C15H17NO2/c1-11(2)13-5-3-12(4-6-13)9-16-8-7-14(10-16)15(17)18/h3-8,10-11H,9H2,1-2H3,(H,17,18). The van der Waals surface area contributed by atoms with Crippen LogP contribution in [-0.2, 0) is 6.54 Å². The SMILES string of the molecule is CC(C)c1ccc(Cn2ccc(C(=O)O)c2)cc1. The van der Waals surface area contributed by atoms with Crippen molar-refractivity contribution in [3.8, 4) is 0 Å². The van der Waals surface area contributed by atoms with E-state index in [2.05, 4.69) is 38.1 Å². The van der Waals surface area contributed by atoms with Crippen molar-refractivity contribution >= 4 is 5.97 Å². The van der Waals surface area contributed by atoms with Gasteiger partial charge in [-0.1, -0.05) is 38.1 Å². The van der Waals surface area contributed by atoms with Gasteiger partial charge in [-0.15, -0.1) is 0 Å². The van der Waals surface area contributed by atoms with Crippen LogP contribution in [0.2, 0.25) is 0 Å². The Morgan fingerprint density at radius 1 is 1.22 bits per heavy atom. The molecular weight excluding hydrogens is 226 g/mol. The maximum atomic E-state index is 10.8. The highest BCUT2D eigenvalue weighted by Crippen LogP contribution is 2.15. The number of benzene rings is 1. The minimum atomic E-state index is -0.885. The molecule has 0 aliphatic heterocycles. The van der Waals surface area contributed by atoms with Crippen molar-refractivity contribution in [3.05, 3.63) is 59.4 Å². The fraction of sp³-hybridized carbons (Fsp3) is 0.267. The lowest BCUT2D eigenvalue weighted by molar-refractivity contribution is 0.0697. The molecule has 0 fully saturated rings. The first-order chi connectivity index (χ1) is 8.56. The van der Waals surface area contributed by atoms with Gasteiger partial charge in [-0.25, -0.2) is 4.79 Å². The Bertz CT molecular complexity index is 538. The van der Waals surface area contributed by atoms with Gasteiger partial charge in [0.15, 0.2) is 0 Å². The van der Waals surface area contributed by atoms with Crippen molar-refractivity contribution in [2.45, 2.75) is 26.3 Å². The number of aromatic nitrogens is 1. The van der Waals surface area contributed by atoms with E-state index in [4.69, 9.17) is 5.11 Å². The number of carbonyl (C=O) groups is 1. The third-order valence-corrected chi connectivity index (χ3v) is 3.01. The molecule has 0 unspecified atom stereocenters. The van der Waals surface area contributed by atoms with Crippen molar-refractivity contribution in [3.63, 3.8) is 0 Å². The summed E-state index contributed by atoms with van der Waals surface area (Å²) >= 11 is 0. The van der Waals surface area contributed by atoms with Crippen molar-refractivity contribution < 1.29 is 9.90 Å². The number of aromatic carboxylic acids is 1. The van der Waals surface area contributed by atoms with Gasteiger partial charge in [0, 0.05) is 18.9 Å². The van der Waals surface area contributed by atoms with Crippen molar-refractivity contribution in [1.82, 2.24) is 4.57 Å². The molecule has 94 valence electrons. The summed E-state index contributed by atoms with van der Waals surface area (Å²) in [5.74, 6) is -0.354. The first kappa shape index (κ1) is 12.4. The van der Waals surface area contributed by atoms with E-state index in [0.29, 0.717) is 18.0 Å². The largest absolute Gasteiger partial charge is 0.478 e. The van der Waals surface area contributed by atoms with Gasteiger partial charge < -0.3 is 9.67 Å². The Morgan fingerprint density at radius 2 is 1.89 bits per heavy atom. The summed E-state index contributed by atoms with van der Waals surface area (Å²) in [5, 5.41) is 8.85. The summed E-state index contributed by atoms with van der Waals surface area (Å²) in [6, 6.07) is 10.1. The van der Waals surface area contributed by atoms with E-state index in [1.165, 1.54) is 11.1 Å². The van der Waals surface area contributed by atoms with E-state index < -0.39 is 5.97 Å². The maximum Gasteiger partial charge on any atom is 0.337 e. The molecule has 1 aromatic heterocycles. The topological polar surface area (TPSA) is 42.2 Å². The second-order valence-electron chi connectivity index (χ2n) is 4.77. The van der Waals surface area contributed by atoms with Crippen LogP contribution >= 0.6 is 0 Å². The summed E-state index contributed by atoms with van der Waals surface area (Å²) in [7, 11) is 0. The molecule has 3 heteroatoms. The number of carboxylic acid groups (broad SMARTS) is 1. The quantitative estimate of drug-likeness (QED) is 0.894. The Labute approximate surface area is 107 Å². The molecule has 0 aliphatic rings. The zero-order valence-electron chi connectivity index (χ0n) is 10.6. The van der Waals surface area contributed by atoms with Gasteiger partial charge in [0.2, 0.25) is 0 Å². The van der Waals surface area contributed by atoms with Gasteiger partial charge in [0.05, 0.1) is 5.56 Å². The average Bonchev–Trinajstić information content (AvgIpc) is 2.78. The summed E-state index contributed by atoms with van der Waals surface area (Å²) in [6.45, 7) is 5.03. The smallest absolute Gasteiger partial charge is 0.337 e. The molecule has 0 spiro atoms. The van der Waals surface area contributed by atoms with E-state index in [1.54, 1.807) is 18.5 Å². The molecule has 0 atom stereocenters. The minimum Gasteiger partial charge on any atom is -0.478 e. The summed E-state index contributed by atoms with van der Waals surface area (Å²) in [5.41, 5.74) is 2.82. The van der Waals surface area contributed by atoms with E-state index in [1.807, 2.05) is 4.57 Å². The Morgan fingerprint density at radius 3 is 2.39 bits per heavy atom. The molecular formula is C15H17NO2. The monoisotopic (exact) mass is 243 g/mol. The molecule has 18 heavy (non-hydrogen) atoms. The van der Waals surface area contributed by atoms with Crippen LogP contribution in [0.4, 0.5) is 0 Å². The molecule has 2 rings (SSSR count). The summed E-state index contributed by atoms with van der Waals surface area (Å²) in [4.78, 5) is 10.8. The molecule has 3 nitrogen and oxygen atoms in total. The molecule has 1 heterocycles. The van der Waals surface area contributed by atoms with Crippen LogP contribution in [0.1, 0.15) is 41.3 Å². The van der Waals surface area contributed by atoms with Crippen molar-refractivity contribution in [1.29, 1.82) is 0 Å². The van der Waals surface area contributed by atoms with E-state index in [9.17, 15) is 4.79 Å². The Kier molecular flexibility index (Phi) is 3.51. The number of hydrogen-bond donors (Lipinski definition) is 1.